The van der Waals surface area contributed by atoms with Crippen LogP contribution in [0.3, 0.4) is 0 Å². The molecular formula is C17H14F3NO5. The monoisotopic (exact) mass is 369 g/mol. The summed E-state index contributed by atoms with van der Waals surface area (Å²) in [5, 5.41) is 11.7. The lowest BCUT2D eigenvalue weighted by Crippen LogP contribution is -2.30. The average molecular weight is 369 g/mol. The molecule has 6 nitrogen and oxygen atoms in total. The molecule has 2 aromatic carbocycles. The van der Waals surface area contributed by atoms with Gasteiger partial charge in [-0.3, -0.25) is 4.79 Å². The number of methoxy groups -OCH3 is 1. The number of aromatic hydroxyl groups is 1. The summed E-state index contributed by atoms with van der Waals surface area (Å²) >= 11 is 0. The fourth-order valence-electron chi connectivity index (χ4n) is 1.94. The first-order valence-electron chi connectivity index (χ1n) is 7.27. The van der Waals surface area contributed by atoms with Crippen LogP contribution in [-0.4, -0.2) is 30.2 Å². The lowest BCUT2D eigenvalue weighted by molar-refractivity contribution is -0.123. The van der Waals surface area contributed by atoms with Crippen molar-refractivity contribution in [3.8, 4) is 11.5 Å². The molecule has 0 aliphatic heterocycles. The Morgan fingerprint density at radius 1 is 1.12 bits per heavy atom. The number of esters is 1. The number of anilines is 1. The van der Waals surface area contributed by atoms with E-state index in [0.29, 0.717) is 6.07 Å². The van der Waals surface area contributed by atoms with Crippen LogP contribution in [-0.2, 0) is 9.53 Å². The largest absolute Gasteiger partial charge is 0.507 e. The summed E-state index contributed by atoms with van der Waals surface area (Å²) in [6, 6.07) is 5.29. The van der Waals surface area contributed by atoms with Crippen molar-refractivity contribution in [1.82, 2.24) is 0 Å². The number of phenols is 1. The number of amides is 1. The van der Waals surface area contributed by atoms with Crippen molar-refractivity contribution >= 4 is 17.6 Å². The van der Waals surface area contributed by atoms with Gasteiger partial charge in [-0.15, -0.1) is 0 Å². The van der Waals surface area contributed by atoms with Crippen molar-refractivity contribution in [3.05, 3.63) is 53.3 Å². The zero-order valence-electron chi connectivity index (χ0n) is 13.7. The second-order valence-electron chi connectivity index (χ2n) is 5.14. The maximum atomic E-state index is 13.6. The number of phenolic OH excluding ortho intramolecular Hbond substituents is 1. The first-order chi connectivity index (χ1) is 12.2. The minimum absolute atomic E-state index is 0.247. The highest BCUT2D eigenvalue weighted by molar-refractivity contribution is 5.98. The lowest BCUT2D eigenvalue weighted by Gasteiger charge is -2.15. The molecule has 0 bridgehead atoms. The maximum absolute atomic E-state index is 13.6. The van der Waals surface area contributed by atoms with Crippen LogP contribution >= 0.6 is 0 Å². The minimum atomic E-state index is -1.74. The number of halogens is 3. The summed E-state index contributed by atoms with van der Waals surface area (Å²) in [5.41, 5.74) is -0.857. The van der Waals surface area contributed by atoms with Gasteiger partial charge in [0.05, 0.1) is 12.8 Å². The molecule has 138 valence electrons. The van der Waals surface area contributed by atoms with Gasteiger partial charge < -0.3 is 19.9 Å². The van der Waals surface area contributed by atoms with Crippen molar-refractivity contribution < 1.29 is 37.3 Å². The Kier molecular flexibility index (Phi) is 5.71. The highest BCUT2D eigenvalue weighted by atomic mass is 19.2. The number of hydrogen-bond acceptors (Lipinski definition) is 5. The molecule has 9 heteroatoms. The number of carbonyl (C=O) groups is 2. The summed E-state index contributed by atoms with van der Waals surface area (Å²) < 4.78 is 49.4. The number of hydrogen-bond donors (Lipinski definition) is 2. The molecule has 2 aromatic rings. The van der Waals surface area contributed by atoms with Crippen LogP contribution in [0.5, 0.6) is 11.5 Å². The van der Waals surface area contributed by atoms with E-state index in [0.717, 1.165) is 6.07 Å². The standard InChI is InChI=1S/C17H14F3NO5/c1-8(16(23)21-12-5-4-11(18)14(19)15(12)20)26-17(24)10-7-9(25-2)3-6-13(10)22/h3-8,22H,1-2H3,(H,21,23)/t8-/m1/s1. The van der Waals surface area contributed by atoms with Crippen molar-refractivity contribution in [2.24, 2.45) is 0 Å². The van der Waals surface area contributed by atoms with Gasteiger partial charge in [0.2, 0.25) is 0 Å². The molecule has 0 aliphatic rings. The summed E-state index contributed by atoms with van der Waals surface area (Å²) in [6.45, 7) is 1.18. The van der Waals surface area contributed by atoms with Gasteiger partial charge in [-0.25, -0.2) is 18.0 Å². The van der Waals surface area contributed by atoms with Gasteiger partial charge in [0.25, 0.3) is 5.91 Å². The highest BCUT2D eigenvalue weighted by Gasteiger charge is 2.23. The molecule has 0 saturated carbocycles. The number of ether oxygens (including phenoxy) is 2. The fourth-order valence-corrected chi connectivity index (χ4v) is 1.94. The molecule has 0 saturated heterocycles. The van der Waals surface area contributed by atoms with Crippen LogP contribution in [0.2, 0.25) is 0 Å². The molecule has 2 N–H and O–H groups in total. The molecule has 26 heavy (non-hydrogen) atoms. The number of benzene rings is 2. The molecule has 0 unspecified atom stereocenters. The number of carbonyl (C=O) groups excluding carboxylic acids is 2. The van der Waals surface area contributed by atoms with Gasteiger partial charge in [-0.2, -0.15) is 0 Å². The first kappa shape index (κ1) is 19.1. The molecule has 0 aromatic heterocycles. The van der Waals surface area contributed by atoms with E-state index in [1.807, 2.05) is 5.32 Å². The summed E-state index contributed by atoms with van der Waals surface area (Å²) in [4.78, 5) is 24.0. The quantitative estimate of drug-likeness (QED) is 0.625. The van der Waals surface area contributed by atoms with E-state index >= 15 is 0 Å². The van der Waals surface area contributed by atoms with Crippen LogP contribution in [0.25, 0.3) is 0 Å². The zero-order valence-corrected chi connectivity index (χ0v) is 13.7. The number of nitrogens with one attached hydrogen (secondary N) is 1. The smallest absolute Gasteiger partial charge is 0.342 e. The van der Waals surface area contributed by atoms with Gasteiger partial charge in [-0.1, -0.05) is 0 Å². The Hall–Kier alpha value is -3.23. The summed E-state index contributed by atoms with van der Waals surface area (Å²) in [7, 11) is 1.36. The van der Waals surface area contributed by atoms with Crippen LogP contribution in [0.4, 0.5) is 18.9 Å². The predicted molar refractivity (Wildman–Crippen MR) is 84.5 cm³/mol. The zero-order chi connectivity index (χ0) is 19.4. The van der Waals surface area contributed by atoms with Crippen LogP contribution < -0.4 is 10.1 Å². The Balaban J connectivity index is 2.10. The molecule has 2 rings (SSSR count). The third-order valence-electron chi connectivity index (χ3n) is 3.37. The van der Waals surface area contributed by atoms with E-state index in [-0.39, 0.29) is 11.3 Å². The highest BCUT2D eigenvalue weighted by Crippen LogP contribution is 2.24. The van der Waals surface area contributed by atoms with Gasteiger partial charge in [-0.05, 0) is 37.3 Å². The van der Waals surface area contributed by atoms with E-state index in [1.165, 1.54) is 32.2 Å². The Bertz CT molecular complexity index is 857. The number of rotatable bonds is 5. The van der Waals surface area contributed by atoms with E-state index in [1.54, 1.807) is 0 Å². The first-order valence-corrected chi connectivity index (χ1v) is 7.27. The van der Waals surface area contributed by atoms with Crippen LogP contribution in [0.15, 0.2) is 30.3 Å². The second-order valence-corrected chi connectivity index (χ2v) is 5.14. The average Bonchev–Trinajstić information content (AvgIpc) is 2.62. The van der Waals surface area contributed by atoms with Gasteiger partial charge in [0.1, 0.15) is 17.1 Å². The van der Waals surface area contributed by atoms with Crippen molar-refractivity contribution in [3.63, 3.8) is 0 Å². The second kappa shape index (κ2) is 7.77. The van der Waals surface area contributed by atoms with E-state index in [9.17, 15) is 27.9 Å². The Labute approximate surface area is 146 Å². The van der Waals surface area contributed by atoms with Gasteiger partial charge >= 0.3 is 5.97 Å². The third-order valence-corrected chi connectivity index (χ3v) is 3.37. The molecule has 0 spiro atoms. The molecule has 0 aliphatic carbocycles. The Morgan fingerprint density at radius 2 is 1.81 bits per heavy atom. The van der Waals surface area contributed by atoms with Crippen molar-refractivity contribution in [1.29, 1.82) is 0 Å². The molecule has 0 radical (unpaired) electrons. The lowest BCUT2D eigenvalue weighted by atomic mass is 10.2. The summed E-state index contributed by atoms with van der Waals surface area (Å²) in [6.07, 6.45) is -1.42. The van der Waals surface area contributed by atoms with Crippen LogP contribution in [0.1, 0.15) is 17.3 Å². The minimum Gasteiger partial charge on any atom is -0.507 e. The molecule has 1 atom stereocenters. The van der Waals surface area contributed by atoms with E-state index in [4.69, 9.17) is 9.47 Å². The molecular weight excluding hydrogens is 355 g/mol. The molecule has 0 heterocycles. The topological polar surface area (TPSA) is 84.9 Å². The fraction of sp³-hybridized carbons (Fsp3) is 0.176. The Morgan fingerprint density at radius 3 is 2.46 bits per heavy atom. The SMILES string of the molecule is COc1ccc(O)c(C(=O)O[C@H](C)C(=O)Nc2ccc(F)c(F)c2F)c1. The predicted octanol–water partition coefficient (Wildman–Crippen LogP) is 3.00. The normalized spacial score (nSPS) is 11.6. The summed E-state index contributed by atoms with van der Waals surface area (Å²) in [5.74, 6) is -6.87. The van der Waals surface area contributed by atoms with Gasteiger partial charge in [0.15, 0.2) is 23.6 Å². The van der Waals surface area contributed by atoms with E-state index < -0.39 is 46.9 Å². The van der Waals surface area contributed by atoms with E-state index in [2.05, 4.69) is 0 Å². The maximum Gasteiger partial charge on any atom is 0.342 e. The molecule has 0 fully saturated rings. The van der Waals surface area contributed by atoms with Gasteiger partial charge in [0, 0.05) is 0 Å². The molecule has 1 amide bonds. The van der Waals surface area contributed by atoms with Crippen molar-refractivity contribution in [2.75, 3.05) is 12.4 Å². The van der Waals surface area contributed by atoms with Crippen LogP contribution in [0, 0.1) is 17.5 Å². The third kappa shape index (κ3) is 4.05. The van der Waals surface area contributed by atoms with Crippen molar-refractivity contribution in [2.45, 2.75) is 13.0 Å².